The first-order valence-corrected chi connectivity index (χ1v) is 9.91. The van der Waals surface area contributed by atoms with E-state index in [0.29, 0.717) is 0 Å². The van der Waals surface area contributed by atoms with Gasteiger partial charge in [0.1, 0.15) is 0 Å². The SMILES string of the molecule is CS(=O)(=O)c1ccc(-n2nc(C(F)(F)F)cc2-c2cc(Cl)ccc2Cl)nc1. The van der Waals surface area contributed by atoms with E-state index in [1.54, 1.807) is 0 Å². The Kier molecular flexibility index (Phi) is 4.96. The highest BCUT2D eigenvalue weighted by atomic mass is 35.5. The van der Waals surface area contributed by atoms with Crippen molar-refractivity contribution >= 4 is 33.0 Å². The van der Waals surface area contributed by atoms with Gasteiger partial charge in [0, 0.05) is 23.0 Å². The highest BCUT2D eigenvalue weighted by Gasteiger charge is 2.35. The lowest BCUT2D eigenvalue weighted by Gasteiger charge is -2.09. The highest BCUT2D eigenvalue weighted by molar-refractivity contribution is 7.90. The van der Waals surface area contributed by atoms with E-state index in [1.807, 2.05) is 0 Å². The highest BCUT2D eigenvalue weighted by Crippen LogP contribution is 2.36. The zero-order chi connectivity index (χ0) is 20.0. The van der Waals surface area contributed by atoms with Gasteiger partial charge in [-0.2, -0.15) is 18.3 Å². The molecule has 0 aliphatic rings. The largest absolute Gasteiger partial charge is 0.435 e. The van der Waals surface area contributed by atoms with Crippen molar-refractivity contribution in [1.29, 1.82) is 0 Å². The maximum absolute atomic E-state index is 13.2. The molecule has 142 valence electrons. The van der Waals surface area contributed by atoms with Crippen molar-refractivity contribution in [3.8, 4) is 17.1 Å². The van der Waals surface area contributed by atoms with Gasteiger partial charge < -0.3 is 0 Å². The molecule has 3 rings (SSSR count). The quantitative estimate of drug-likeness (QED) is 0.599. The second-order valence-electron chi connectivity index (χ2n) is 5.57. The van der Waals surface area contributed by atoms with Crippen LogP contribution < -0.4 is 0 Å². The first-order chi connectivity index (χ1) is 12.5. The Morgan fingerprint density at radius 1 is 1.07 bits per heavy atom. The first kappa shape index (κ1) is 19.7. The number of pyridine rings is 1. The number of benzene rings is 1. The van der Waals surface area contributed by atoms with Gasteiger partial charge >= 0.3 is 6.18 Å². The molecule has 2 heterocycles. The van der Waals surface area contributed by atoms with Crippen molar-refractivity contribution in [3.63, 3.8) is 0 Å². The van der Waals surface area contributed by atoms with Gasteiger partial charge in [0.2, 0.25) is 0 Å². The van der Waals surface area contributed by atoms with E-state index in [2.05, 4.69) is 10.1 Å². The summed E-state index contributed by atoms with van der Waals surface area (Å²) in [4.78, 5) is 3.85. The number of hydrogen-bond acceptors (Lipinski definition) is 4. The van der Waals surface area contributed by atoms with Gasteiger partial charge in [0.05, 0.1) is 15.6 Å². The maximum atomic E-state index is 13.2. The minimum atomic E-state index is -4.70. The predicted octanol–water partition coefficient (Wildman–Crippen LogP) is 4.66. The normalized spacial score (nSPS) is 12.4. The fourth-order valence-electron chi connectivity index (χ4n) is 2.30. The van der Waals surface area contributed by atoms with E-state index in [9.17, 15) is 21.6 Å². The topological polar surface area (TPSA) is 64.8 Å². The lowest BCUT2D eigenvalue weighted by atomic mass is 10.1. The molecule has 27 heavy (non-hydrogen) atoms. The average Bonchev–Trinajstić information content (AvgIpc) is 3.02. The molecule has 2 aromatic heterocycles. The van der Waals surface area contributed by atoms with Crippen LogP contribution in [0.4, 0.5) is 13.2 Å². The maximum Gasteiger partial charge on any atom is 0.435 e. The van der Waals surface area contributed by atoms with E-state index in [0.717, 1.165) is 23.2 Å². The molecule has 0 bridgehead atoms. The van der Waals surface area contributed by atoms with Crippen LogP contribution in [0.3, 0.4) is 0 Å². The molecule has 0 amide bonds. The van der Waals surface area contributed by atoms with E-state index in [-0.39, 0.29) is 32.0 Å². The van der Waals surface area contributed by atoms with Crippen LogP contribution in [0.5, 0.6) is 0 Å². The molecule has 0 aliphatic heterocycles. The number of halogens is 5. The third kappa shape index (κ3) is 4.10. The molecule has 0 atom stereocenters. The molecule has 5 nitrogen and oxygen atoms in total. The van der Waals surface area contributed by atoms with Crippen LogP contribution in [0.25, 0.3) is 17.1 Å². The van der Waals surface area contributed by atoms with Gasteiger partial charge in [-0.25, -0.2) is 18.1 Å². The van der Waals surface area contributed by atoms with Gasteiger partial charge in [0.25, 0.3) is 0 Å². The Balaban J connectivity index is 2.23. The Hall–Kier alpha value is -2.10. The molecule has 0 fully saturated rings. The molecule has 0 unspecified atom stereocenters. The molecular weight excluding hydrogens is 426 g/mol. The minimum absolute atomic E-state index is 0.00873. The molecule has 0 spiro atoms. The van der Waals surface area contributed by atoms with Crippen LogP contribution in [0.1, 0.15) is 5.69 Å². The Labute approximate surface area is 162 Å². The number of rotatable bonds is 3. The summed E-state index contributed by atoms with van der Waals surface area (Å²) < 4.78 is 63.6. The zero-order valence-electron chi connectivity index (χ0n) is 13.5. The van der Waals surface area contributed by atoms with Crippen molar-refractivity contribution in [2.24, 2.45) is 0 Å². The van der Waals surface area contributed by atoms with Crippen molar-refractivity contribution in [2.75, 3.05) is 6.26 Å². The molecular formula is C16H10Cl2F3N3O2S. The predicted molar refractivity (Wildman–Crippen MR) is 94.9 cm³/mol. The van der Waals surface area contributed by atoms with Gasteiger partial charge in [-0.1, -0.05) is 23.2 Å². The second kappa shape index (κ2) is 6.81. The zero-order valence-corrected chi connectivity index (χ0v) is 15.8. The van der Waals surface area contributed by atoms with E-state index in [4.69, 9.17) is 23.2 Å². The van der Waals surface area contributed by atoms with E-state index in [1.165, 1.54) is 30.3 Å². The van der Waals surface area contributed by atoms with E-state index < -0.39 is 21.7 Å². The van der Waals surface area contributed by atoms with Crippen LogP contribution in [0.15, 0.2) is 47.5 Å². The third-order valence-electron chi connectivity index (χ3n) is 3.57. The molecule has 0 saturated carbocycles. The summed E-state index contributed by atoms with van der Waals surface area (Å²) >= 11 is 12.1. The van der Waals surface area contributed by atoms with Crippen molar-refractivity contribution in [2.45, 2.75) is 11.1 Å². The Morgan fingerprint density at radius 3 is 2.33 bits per heavy atom. The monoisotopic (exact) mass is 435 g/mol. The molecule has 0 radical (unpaired) electrons. The molecule has 11 heteroatoms. The number of nitrogens with zero attached hydrogens (tertiary/aromatic N) is 3. The van der Waals surface area contributed by atoms with Crippen LogP contribution in [-0.4, -0.2) is 29.4 Å². The first-order valence-electron chi connectivity index (χ1n) is 7.26. The van der Waals surface area contributed by atoms with Crippen LogP contribution in [0, 0.1) is 0 Å². The van der Waals surface area contributed by atoms with E-state index >= 15 is 0 Å². The number of aromatic nitrogens is 3. The number of hydrogen-bond donors (Lipinski definition) is 0. The summed E-state index contributed by atoms with van der Waals surface area (Å²) in [6, 6.07) is 7.66. The molecule has 0 saturated heterocycles. The third-order valence-corrected chi connectivity index (χ3v) is 5.23. The summed E-state index contributed by atoms with van der Waals surface area (Å²) in [7, 11) is -3.51. The summed E-state index contributed by atoms with van der Waals surface area (Å²) in [6.45, 7) is 0. The fourth-order valence-corrected chi connectivity index (χ4v) is 3.24. The molecule has 0 aliphatic carbocycles. The molecule has 0 N–H and O–H groups in total. The summed E-state index contributed by atoms with van der Waals surface area (Å²) in [5, 5.41) is 4.01. The van der Waals surface area contributed by atoms with Crippen LogP contribution in [0.2, 0.25) is 10.0 Å². The van der Waals surface area contributed by atoms with Gasteiger partial charge in [-0.05, 0) is 36.4 Å². The Bertz CT molecular complexity index is 1110. The standard InChI is InChI=1S/C16H10Cl2F3N3O2S/c1-27(25,26)10-3-5-15(22-8-10)24-13(7-14(23-24)16(19,20)21)11-6-9(17)2-4-12(11)18/h2-8H,1H3. The number of sulfone groups is 1. The molecule has 1 aromatic carbocycles. The van der Waals surface area contributed by atoms with Crippen molar-refractivity contribution in [1.82, 2.24) is 14.8 Å². The molecule has 3 aromatic rings. The van der Waals surface area contributed by atoms with Gasteiger partial charge in [-0.3, -0.25) is 0 Å². The Morgan fingerprint density at radius 2 is 1.78 bits per heavy atom. The van der Waals surface area contributed by atoms with Crippen LogP contribution >= 0.6 is 23.2 Å². The van der Waals surface area contributed by atoms with Crippen molar-refractivity contribution in [3.05, 3.63) is 58.3 Å². The number of alkyl halides is 3. The summed E-state index contributed by atoms with van der Waals surface area (Å²) in [5.74, 6) is -0.0102. The van der Waals surface area contributed by atoms with Crippen LogP contribution in [-0.2, 0) is 16.0 Å². The minimum Gasteiger partial charge on any atom is -0.236 e. The summed E-state index contributed by atoms with van der Waals surface area (Å²) in [5.41, 5.74) is -0.918. The smallest absolute Gasteiger partial charge is 0.236 e. The second-order valence-corrected chi connectivity index (χ2v) is 8.43. The van der Waals surface area contributed by atoms with Gasteiger partial charge in [-0.15, -0.1) is 0 Å². The average molecular weight is 436 g/mol. The van der Waals surface area contributed by atoms with Crippen molar-refractivity contribution < 1.29 is 21.6 Å². The lowest BCUT2D eigenvalue weighted by molar-refractivity contribution is -0.141. The van der Waals surface area contributed by atoms with Gasteiger partial charge in [0.15, 0.2) is 21.3 Å². The summed E-state index contributed by atoms with van der Waals surface area (Å²) in [6.07, 6.45) is -2.66. The lowest BCUT2D eigenvalue weighted by Crippen LogP contribution is -2.08. The fraction of sp³-hybridized carbons (Fsp3) is 0.125.